The van der Waals surface area contributed by atoms with Gasteiger partial charge in [0, 0.05) is 11.6 Å². The van der Waals surface area contributed by atoms with Gasteiger partial charge in [-0.05, 0) is 25.0 Å². The maximum Gasteiger partial charge on any atom is 0.170 e. The lowest BCUT2D eigenvalue weighted by molar-refractivity contribution is 0.0895. The van der Waals surface area contributed by atoms with Gasteiger partial charge in [-0.15, -0.1) is 0 Å². The summed E-state index contributed by atoms with van der Waals surface area (Å²) >= 11 is 0. The van der Waals surface area contributed by atoms with Crippen molar-refractivity contribution >= 4 is 5.78 Å². The van der Waals surface area contributed by atoms with Crippen molar-refractivity contribution in [2.75, 3.05) is 13.2 Å². The smallest absolute Gasteiger partial charge is 0.170 e. The first-order chi connectivity index (χ1) is 7.61. The molecule has 1 aromatic carbocycles. The minimum Gasteiger partial charge on any atom is -0.379 e. The molecule has 1 aromatic rings. The molecule has 1 heterocycles. The fourth-order valence-corrected chi connectivity index (χ4v) is 2.06. The summed E-state index contributed by atoms with van der Waals surface area (Å²) in [6.45, 7) is 4.93. The van der Waals surface area contributed by atoms with E-state index in [9.17, 15) is 4.79 Å². The monoisotopic (exact) mass is 219 g/mol. The van der Waals surface area contributed by atoms with E-state index in [1.54, 1.807) is 0 Å². The van der Waals surface area contributed by atoms with Crippen LogP contribution in [-0.2, 0) is 4.74 Å². The summed E-state index contributed by atoms with van der Waals surface area (Å²) in [7, 11) is 0. The van der Waals surface area contributed by atoms with Crippen molar-refractivity contribution in [3.05, 3.63) is 34.9 Å². The molecule has 0 amide bonds. The predicted octanol–water partition coefficient (Wildman–Crippen LogP) is 1.46. The van der Waals surface area contributed by atoms with Crippen LogP contribution in [0.25, 0.3) is 0 Å². The van der Waals surface area contributed by atoms with E-state index in [2.05, 4.69) is 0 Å². The van der Waals surface area contributed by atoms with Gasteiger partial charge in [0.2, 0.25) is 0 Å². The molecule has 1 aliphatic rings. The summed E-state index contributed by atoms with van der Waals surface area (Å²) < 4.78 is 5.24. The average molecular weight is 219 g/mol. The third-order valence-electron chi connectivity index (χ3n) is 3.33. The van der Waals surface area contributed by atoms with Gasteiger partial charge in [-0.2, -0.15) is 0 Å². The highest BCUT2D eigenvalue weighted by Crippen LogP contribution is 2.21. The molecule has 86 valence electrons. The second kappa shape index (κ2) is 4.36. The van der Waals surface area contributed by atoms with Gasteiger partial charge in [-0.3, -0.25) is 4.79 Å². The Morgan fingerprint density at radius 3 is 2.75 bits per heavy atom. The third-order valence-corrected chi connectivity index (χ3v) is 3.33. The van der Waals surface area contributed by atoms with Gasteiger partial charge in [0.05, 0.1) is 19.1 Å². The van der Waals surface area contributed by atoms with Gasteiger partial charge in [-0.1, -0.05) is 18.2 Å². The maximum absolute atomic E-state index is 12.3. The van der Waals surface area contributed by atoms with Gasteiger partial charge in [-0.25, -0.2) is 0 Å². The summed E-state index contributed by atoms with van der Waals surface area (Å²) in [6, 6.07) is 5.64. The zero-order valence-corrected chi connectivity index (χ0v) is 9.69. The second-order valence-electron chi connectivity index (χ2n) is 4.42. The van der Waals surface area contributed by atoms with Crippen LogP contribution in [0.2, 0.25) is 0 Å². The number of rotatable bonds is 2. The highest BCUT2D eigenvalue weighted by atomic mass is 16.5. The summed E-state index contributed by atoms with van der Waals surface area (Å²) in [5.41, 5.74) is 8.83. The summed E-state index contributed by atoms with van der Waals surface area (Å²) in [5, 5.41) is 0. The minimum absolute atomic E-state index is 0.117. The van der Waals surface area contributed by atoms with Crippen molar-refractivity contribution in [2.24, 2.45) is 11.7 Å². The third kappa shape index (κ3) is 1.88. The summed E-state index contributed by atoms with van der Waals surface area (Å²) in [6.07, 6.45) is 0. The highest BCUT2D eigenvalue weighted by Gasteiger charge is 2.32. The Bertz CT molecular complexity index is 414. The molecule has 0 saturated carbocycles. The number of ketones is 1. The number of aryl methyl sites for hydroxylation is 1. The van der Waals surface area contributed by atoms with Crippen molar-refractivity contribution < 1.29 is 9.53 Å². The topological polar surface area (TPSA) is 52.3 Å². The van der Waals surface area contributed by atoms with Crippen LogP contribution in [0, 0.1) is 19.8 Å². The van der Waals surface area contributed by atoms with E-state index >= 15 is 0 Å². The minimum atomic E-state index is -0.180. The van der Waals surface area contributed by atoms with Crippen molar-refractivity contribution in [1.82, 2.24) is 0 Å². The number of hydrogen-bond donors (Lipinski definition) is 1. The lowest BCUT2D eigenvalue weighted by Gasteiger charge is -2.14. The lowest BCUT2D eigenvalue weighted by atomic mass is 9.90. The molecular weight excluding hydrogens is 202 g/mol. The molecular formula is C13H17NO2. The molecule has 1 fully saturated rings. The van der Waals surface area contributed by atoms with E-state index in [0.29, 0.717) is 13.2 Å². The van der Waals surface area contributed by atoms with Crippen LogP contribution >= 0.6 is 0 Å². The van der Waals surface area contributed by atoms with Crippen molar-refractivity contribution in [1.29, 1.82) is 0 Å². The number of Topliss-reactive ketones (excluding diaryl/α,β-unsaturated/α-hetero) is 1. The largest absolute Gasteiger partial charge is 0.379 e. The van der Waals surface area contributed by atoms with Crippen LogP contribution in [0.15, 0.2) is 18.2 Å². The first-order valence-corrected chi connectivity index (χ1v) is 5.55. The van der Waals surface area contributed by atoms with E-state index in [0.717, 1.165) is 16.7 Å². The Hall–Kier alpha value is -1.19. The van der Waals surface area contributed by atoms with Gasteiger partial charge < -0.3 is 10.5 Å². The summed E-state index contributed by atoms with van der Waals surface area (Å²) in [4.78, 5) is 12.3. The zero-order chi connectivity index (χ0) is 11.7. The molecule has 0 aromatic heterocycles. The molecule has 0 radical (unpaired) electrons. The van der Waals surface area contributed by atoms with E-state index in [1.165, 1.54) is 0 Å². The highest BCUT2D eigenvalue weighted by molar-refractivity contribution is 6.00. The van der Waals surface area contributed by atoms with Gasteiger partial charge in [0.25, 0.3) is 0 Å². The first kappa shape index (κ1) is 11.3. The molecule has 2 atom stereocenters. The molecule has 2 rings (SSSR count). The number of carbonyl (C=O) groups excluding carboxylic acids is 1. The van der Waals surface area contributed by atoms with E-state index < -0.39 is 0 Å². The molecule has 2 unspecified atom stereocenters. The van der Waals surface area contributed by atoms with Gasteiger partial charge >= 0.3 is 0 Å². The molecule has 1 aliphatic heterocycles. The Labute approximate surface area is 95.6 Å². The van der Waals surface area contributed by atoms with Crippen molar-refractivity contribution in [3.63, 3.8) is 0 Å². The lowest BCUT2D eigenvalue weighted by Crippen LogP contribution is -2.34. The van der Waals surface area contributed by atoms with Crippen molar-refractivity contribution in [2.45, 2.75) is 19.9 Å². The van der Waals surface area contributed by atoms with E-state index in [4.69, 9.17) is 10.5 Å². The molecule has 3 heteroatoms. The second-order valence-corrected chi connectivity index (χ2v) is 4.42. The fraction of sp³-hybridized carbons (Fsp3) is 0.462. The number of benzene rings is 1. The zero-order valence-electron chi connectivity index (χ0n) is 9.69. The standard InChI is InChI=1S/C13H17NO2/c1-8-4-3-5-10(9(8)2)13(15)11-6-16-7-12(11)14/h3-5,11-12H,6-7,14H2,1-2H3. The summed E-state index contributed by atoms with van der Waals surface area (Å²) in [5.74, 6) is -0.0632. The van der Waals surface area contributed by atoms with Crippen LogP contribution in [0.3, 0.4) is 0 Å². The normalized spacial score (nSPS) is 24.7. The Balaban J connectivity index is 2.30. The quantitative estimate of drug-likeness (QED) is 0.766. The maximum atomic E-state index is 12.3. The molecule has 3 nitrogen and oxygen atoms in total. The molecule has 2 N–H and O–H groups in total. The molecule has 0 bridgehead atoms. The number of hydrogen-bond acceptors (Lipinski definition) is 3. The SMILES string of the molecule is Cc1cccc(C(=O)C2COCC2N)c1C. The number of ether oxygens (including phenoxy) is 1. The van der Waals surface area contributed by atoms with Crippen LogP contribution in [-0.4, -0.2) is 25.0 Å². The van der Waals surface area contributed by atoms with E-state index in [-0.39, 0.29) is 17.7 Å². The predicted molar refractivity (Wildman–Crippen MR) is 62.5 cm³/mol. The number of nitrogens with two attached hydrogens (primary N) is 1. The van der Waals surface area contributed by atoms with Gasteiger partial charge in [0.15, 0.2) is 5.78 Å². The fourth-order valence-electron chi connectivity index (χ4n) is 2.06. The van der Waals surface area contributed by atoms with Crippen LogP contribution in [0.5, 0.6) is 0 Å². The van der Waals surface area contributed by atoms with Crippen LogP contribution in [0.1, 0.15) is 21.5 Å². The Morgan fingerprint density at radius 1 is 1.38 bits per heavy atom. The molecule has 0 spiro atoms. The molecule has 1 saturated heterocycles. The van der Waals surface area contributed by atoms with Crippen molar-refractivity contribution in [3.8, 4) is 0 Å². The van der Waals surface area contributed by atoms with Crippen LogP contribution < -0.4 is 5.73 Å². The average Bonchev–Trinajstić information content (AvgIpc) is 2.68. The first-order valence-electron chi connectivity index (χ1n) is 5.55. The number of carbonyl (C=O) groups is 1. The molecule has 0 aliphatic carbocycles. The van der Waals surface area contributed by atoms with E-state index in [1.807, 2.05) is 32.0 Å². The Kier molecular flexibility index (Phi) is 3.08. The van der Waals surface area contributed by atoms with Gasteiger partial charge in [0.1, 0.15) is 0 Å². The Morgan fingerprint density at radius 2 is 2.12 bits per heavy atom. The van der Waals surface area contributed by atoms with Crippen LogP contribution in [0.4, 0.5) is 0 Å². The molecule has 16 heavy (non-hydrogen) atoms.